The van der Waals surface area contributed by atoms with Crippen LogP contribution >= 0.6 is 0 Å². The van der Waals surface area contributed by atoms with Gasteiger partial charge in [0, 0.05) is 0 Å². The van der Waals surface area contributed by atoms with Gasteiger partial charge in [0.15, 0.2) is 0 Å². The van der Waals surface area contributed by atoms with Crippen LogP contribution in [0.25, 0.3) is 12.2 Å². The minimum absolute atomic E-state index is 0.530. The molecule has 0 aromatic heterocycles. The first-order valence-corrected chi connectivity index (χ1v) is 8.31. The molecule has 2 aromatic rings. The van der Waals surface area contributed by atoms with Gasteiger partial charge in [-0.05, 0) is 58.1 Å². The van der Waals surface area contributed by atoms with E-state index in [2.05, 4.69) is 74.5 Å². The molecule has 2 aliphatic carbocycles. The van der Waals surface area contributed by atoms with Crippen molar-refractivity contribution in [3.8, 4) is 0 Å². The number of benzene rings is 2. The third-order valence-corrected chi connectivity index (χ3v) is 5.41. The molecular weight excluding hydrogens is 264 g/mol. The summed E-state index contributed by atoms with van der Waals surface area (Å²) in [5.74, 6) is 1.06. The van der Waals surface area contributed by atoms with Crippen LogP contribution in [-0.4, -0.2) is 0 Å². The monoisotopic (exact) mass is 286 g/mol. The second-order valence-corrected chi connectivity index (χ2v) is 6.71. The largest absolute Gasteiger partial charge is 0.0795 e. The van der Waals surface area contributed by atoms with Crippen molar-refractivity contribution in [2.24, 2.45) is 0 Å². The van der Waals surface area contributed by atoms with Gasteiger partial charge in [-0.25, -0.2) is 0 Å². The standard InChI is InChI=1S/C22H22/c1-15(19-11-9-17-5-3-7-21(17)13-19)16(2)20-12-10-18-6-4-8-22(18)14-20/h3-4,7-16H,5-6H2,1-2H3. The fourth-order valence-corrected chi connectivity index (χ4v) is 3.68. The number of allylic oxidation sites excluding steroid dienone is 2. The molecule has 22 heavy (non-hydrogen) atoms. The minimum atomic E-state index is 0.530. The molecule has 2 atom stereocenters. The van der Waals surface area contributed by atoms with Crippen LogP contribution in [0, 0.1) is 0 Å². The molecule has 0 bridgehead atoms. The van der Waals surface area contributed by atoms with E-state index in [0.717, 1.165) is 12.8 Å². The van der Waals surface area contributed by atoms with E-state index in [-0.39, 0.29) is 0 Å². The fourth-order valence-electron chi connectivity index (χ4n) is 3.68. The molecule has 0 saturated carbocycles. The Morgan fingerprint density at radius 2 is 1.14 bits per heavy atom. The molecule has 0 heteroatoms. The lowest BCUT2D eigenvalue weighted by Crippen LogP contribution is -2.06. The van der Waals surface area contributed by atoms with E-state index in [1.807, 2.05) is 0 Å². The van der Waals surface area contributed by atoms with Gasteiger partial charge < -0.3 is 0 Å². The molecule has 0 N–H and O–H groups in total. The first-order chi connectivity index (χ1) is 10.7. The first-order valence-electron chi connectivity index (χ1n) is 8.31. The van der Waals surface area contributed by atoms with E-state index in [1.165, 1.54) is 33.4 Å². The minimum Gasteiger partial charge on any atom is -0.0795 e. The Labute approximate surface area is 133 Å². The van der Waals surface area contributed by atoms with Crippen LogP contribution in [0.5, 0.6) is 0 Å². The maximum Gasteiger partial charge on any atom is -0.00882 e. The van der Waals surface area contributed by atoms with E-state index in [9.17, 15) is 0 Å². The van der Waals surface area contributed by atoms with Gasteiger partial charge in [-0.1, -0.05) is 74.5 Å². The molecule has 0 amide bonds. The Morgan fingerprint density at radius 1 is 0.682 bits per heavy atom. The van der Waals surface area contributed by atoms with Crippen LogP contribution in [0.2, 0.25) is 0 Å². The topological polar surface area (TPSA) is 0 Å². The molecule has 2 unspecified atom stereocenters. The van der Waals surface area contributed by atoms with E-state index in [4.69, 9.17) is 0 Å². The smallest absolute Gasteiger partial charge is 0.00882 e. The molecule has 110 valence electrons. The molecule has 4 rings (SSSR count). The van der Waals surface area contributed by atoms with Crippen molar-refractivity contribution in [2.75, 3.05) is 0 Å². The van der Waals surface area contributed by atoms with E-state index < -0.39 is 0 Å². The van der Waals surface area contributed by atoms with Crippen LogP contribution in [0.1, 0.15) is 59.1 Å². The van der Waals surface area contributed by atoms with Crippen LogP contribution in [0.15, 0.2) is 48.6 Å². The SMILES string of the molecule is CC(c1ccc2c(c1)C=CC2)C(C)c1ccc2c(c1)C=CC2. The Bertz CT molecular complexity index is 709. The predicted octanol–water partition coefficient (Wildman–Crippen LogP) is 5.73. The molecule has 0 nitrogen and oxygen atoms in total. The van der Waals surface area contributed by atoms with E-state index in [1.54, 1.807) is 0 Å². The van der Waals surface area contributed by atoms with E-state index >= 15 is 0 Å². The first kappa shape index (κ1) is 13.6. The van der Waals surface area contributed by atoms with Crippen molar-refractivity contribution < 1.29 is 0 Å². The van der Waals surface area contributed by atoms with Gasteiger partial charge in [-0.2, -0.15) is 0 Å². The molecule has 0 radical (unpaired) electrons. The summed E-state index contributed by atoms with van der Waals surface area (Å²) in [5.41, 5.74) is 8.65. The van der Waals surface area contributed by atoms with Crippen molar-refractivity contribution >= 4 is 12.2 Å². The van der Waals surface area contributed by atoms with Crippen molar-refractivity contribution in [2.45, 2.75) is 38.5 Å². The zero-order valence-corrected chi connectivity index (χ0v) is 13.3. The maximum atomic E-state index is 2.38. The lowest BCUT2D eigenvalue weighted by Gasteiger charge is -2.22. The molecule has 0 aliphatic heterocycles. The van der Waals surface area contributed by atoms with Gasteiger partial charge in [-0.15, -0.1) is 0 Å². The average molecular weight is 286 g/mol. The highest BCUT2D eigenvalue weighted by molar-refractivity contribution is 5.62. The lowest BCUT2D eigenvalue weighted by molar-refractivity contribution is 0.623. The highest BCUT2D eigenvalue weighted by Crippen LogP contribution is 2.35. The summed E-state index contributed by atoms with van der Waals surface area (Å²) in [7, 11) is 0. The highest BCUT2D eigenvalue weighted by Gasteiger charge is 2.19. The summed E-state index contributed by atoms with van der Waals surface area (Å²) < 4.78 is 0. The summed E-state index contributed by atoms with van der Waals surface area (Å²) in [6.45, 7) is 4.71. The summed E-state index contributed by atoms with van der Waals surface area (Å²) in [6.07, 6.45) is 11.2. The third-order valence-electron chi connectivity index (χ3n) is 5.41. The average Bonchev–Trinajstić information content (AvgIpc) is 3.20. The van der Waals surface area contributed by atoms with Crippen LogP contribution in [-0.2, 0) is 12.8 Å². The van der Waals surface area contributed by atoms with Crippen LogP contribution < -0.4 is 0 Å². The van der Waals surface area contributed by atoms with Gasteiger partial charge >= 0.3 is 0 Å². The Morgan fingerprint density at radius 3 is 1.59 bits per heavy atom. The molecule has 2 aromatic carbocycles. The molecule has 0 saturated heterocycles. The zero-order chi connectivity index (χ0) is 15.1. The van der Waals surface area contributed by atoms with Gasteiger partial charge in [0.05, 0.1) is 0 Å². The van der Waals surface area contributed by atoms with Gasteiger partial charge in [0.2, 0.25) is 0 Å². The fraction of sp³-hybridized carbons (Fsp3) is 0.273. The maximum absolute atomic E-state index is 2.38. The number of hydrogen-bond acceptors (Lipinski definition) is 0. The molecule has 0 heterocycles. The second-order valence-electron chi connectivity index (χ2n) is 6.71. The van der Waals surface area contributed by atoms with Gasteiger partial charge in [-0.3, -0.25) is 0 Å². The Kier molecular flexibility index (Phi) is 3.26. The van der Waals surface area contributed by atoms with Crippen molar-refractivity contribution in [3.05, 3.63) is 81.9 Å². The summed E-state index contributed by atoms with van der Waals surface area (Å²) in [4.78, 5) is 0. The zero-order valence-electron chi connectivity index (χ0n) is 13.3. The molecule has 0 fully saturated rings. The lowest BCUT2D eigenvalue weighted by atomic mass is 9.82. The molecule has 0 spiro atoms. The number of hydrogen-bond donors (Lipinski definition) is 0. The van der Waals surface area contributed by atoms with Gasteiger partial charge in [0.25, 0.3) is 0 Å². The van der Waals surface area contributed by atoms with Crippen molar-refractivity contribution in [3.63, 3.8) is 0 Å². The summed E-state index contributed by atoms with van der Waals surface area (Å²) in [6, 6.07) is 14.0. The Balaban J connectivity index is 1.63. The molecular formula is C22H22. The number of rotatable bonds is 3. The van der Waals surface area contributed by atoms with E-state index in [0.29, 0.717) is 11.8 Å². The van der Waals surface area contributed by atoms with Crippen molar-refractivity contribution in [1.29, 1.82) is 0 Å². The number of fused-ring (bicyclic) bond motifs is 2. The van der Waals surface area contributed by atoms with Crippen LogP contribution in [0.3, 0.4) is 0 Å². The quantitative estimate of drug-likeness (QED) is 0.675. The summed E-state index contributed by atoms with van der Waals surface area (Å²) in [5, 5.41) is 0. The van der Waals surface area contributed by atoms with Crippen LogP contribution in [0.4, 0.5) is 0 Å². The van der Waals surface area contributed by atoms with Crippen molar-refractivity contribution in [1.82, 2.24) is 0 Å². The third kappa shape index (κ3) is 2.23. The highest BCUT2D eigenvalue weighted by atomic mass is 14.2. The predicted molar refractivity (Wildman–Crippen MR) is 95.2 cm³/mol. The summed E-state index contributed by atoms with van der Waals surface area (Å²) >= 11 is 0. The Hall–Kier alpha value is -2.08. The second kappa shape index (κ2) is 5.28. The molecule has 2 aliphatic rings. The normalized spacial score (nSPS) is 17.4. The van der Waals surface area contributed by atoms with Gasteiger partial charge in [0.1, 0.15) is 0 Å².